The van der Waals surface area contributed by atoms with Gasteiger partial charge >= 0.3 is 0 Å². The van der Waals surface area contributed by atoms with Crippen molar-refractivity contribution in [2.45, 2.75) is 25.9 Å². The van der Waals surface area contributed by atoms with Gasteiger partial charge in [-0.3, -0.25) is 19.0 Å². The molecule has 0 aliphatic carbocycles. The van der Waals surface area contributed by atoms with E-state index in [-0.39, 0.29) is 12.2 Å². The van der Waals surface area contributed by atoms with Crippen LogP contribution in [0.25, 0.3) is 22.3 Å². The molecule has 0 aliphatic heterocycles. The zero-order chi connectivity index (χ0) is 21.3. The number of aliphatic hydroxyl groups excluding tert-OH is 1. The molecular weight excluding hydrogens is 380 g/mol. The maximum atomic E-state index is 12.8. The van der Waals surface area contributed by atoms with E-state index in [9.17, 15) is 9.90 Å². The summed E-state index contributed by atoms with van der Waals surface area (Å²) < 4.78 is 3.16. The van der Waals surface area contributed by atoms with Crippen molar-refractivity contribution in [3.63, 3.8) is 0 Å². The Morgan fingerprint density at radius 2 is 1.90 bits per heavy atom. The maximum absolute atomic E-state index is 12.8. The molecule has 154 valence electrons. The monoisotopic (exact) mass is 404 g/mol. The first-order valence-corrected chi connectivity index (χ1v) is 9.70. The third kappa shape index (κ3) is 3.95. The van der Waals surface area contributed by atoms with E-state index in [1.807, 2.05) is 56.3 Å². The van der Waals surface area contributed by atoms with Gasteiger partial charge in [0.05, 0.1) is 24.4 Å². The second kappa shape index (κ2) is 7.72. The predicted octanol–water partition coefficient (Wildman–Crippen LogP) is 2.42. The van der Waals surface area contributed by atoms with Crippen molar-refractivity contribution in [3.8, 4) is 11.3 Å². The van der Waals surface area contributed by atoms with Crippen LogP contribution in [0.15, 0.2) is 59.7 Å². The van der Waals surface area contributed by atoms with Crippen molar-refractivity contribution in [1.82, 2.24) is 24.3 Å². The number of aromatic nitrogens is 5. The third-order valence-electron chi connectivity index (χ3n) is 4.91. The van der Waals surface area contributed by atoms with Gasteiger partial charge < -0.3 is 10.4 Å². The normalized spacial score (nSPS) is 11.7. The Hall–Kier alpha value is -3.52. The third-order valence-corrected chi connectivity index (χ3v) is 4.91. The lowest BCUT2D eigenvalue weighted by molar-refractivity contribution is 0.233. The summed E-state index contributed by atoms with van der Waals surface area (Å²) in [7, 11) is 1.65. The smallest absolute Gasteiger partial charge is 0.265 e. The Balaban J connectivity index is 1.61. The summed E-state index contributed by atoms with van der Waals surface area (Å²) >= 11 is 0. The molecular formula is C22H24N6O2. The number of nitrogens with zero attached hydrogens (tertiary/aromatic N) is 5. The van der Waals surface area contributed by atoms with Crippen LogP contribution in [0.1, 0.15) is 19.4 Å². The van der Waals surface area contributed by atoms with Crippen LogP contribution in [0.5, 0.6) is 0 Å². The average molecular weight is 404 g/mol. The van der Waals surface area contributed by atoms with Crippen molar-refractivity contribution in [1.29, 1.82) is 0 Å². The Kier molecular flexibility index (Phi) is 5.09. The van der Waals surface area contributed by atoms with E-state index in [1.54, 1.807) is 24.1 Å². The zero-order valence-corrected chi connectivity index (χ0v) is 17.2. The van der Waals surface area contributed by atoms with Crippen LogP contribution in [-0.4, -0.2) is 41.6 Å². The fraction of sp³-hybridized carbons (Fsp3) is 0.273. The molecule has 0 fully saturated rings. The van der Waals surface area contributed by atoms with E-state index in [0.717, 1.165) is 16.8 Å². The van der Waals surface area contributed by atoms with Crippen molar-refractivity contribution in [2.24, 2.45) is 7.05 Å². The largest absolute Gasteiger partial charge is 0.394 e. The highest BCUT2D eigenvalue weighted by atomic mass is 16.3. The molecule has 0 radical (unpaired) electrons. The summed E-state index contributed by atoms with van der Waals surface area (Å²) in [6.07, 6.45) is 3.50. The minimum atomic E-state index is -0.608. The SMILES string of the molecule is Cn1c(NC(C)(C)CO)nc2nn(Cc3ccc(-c4ccccn4)cc3)cc2c1=O. The molecule has 3 heterocycles. The highest BCUT2D eigenvalue weighted by Gasteiger charge is 2.20. The molecule has 30 heavy (non-hydrogen) atoms. The minimum Gasteiger partial charge on any atom is -0.394 e. The lowest BCUT2D eigenvalue weighted by Gasteiger charge is -2.24. The Morgan fingerprint density at radius 1 is 1.13 bits per heavy atom. The number of anilines is 1. The number of rotatable bonds is 6. The first kappa shape index (κ1) is 19.8. The summed E-state index contributed by atoms with van der Waals surface area (Å²) in [6, 6.07) is 13.9. The van der Waals surface area contributed by atoms with Gasteiger partial charge in [-0.15, -0.1) is 0 Å². The first-order valence-electron chi connectivity index (χ1n) is 9.70. The number of fused-ring (bicyclic) bond motifs is 1. The molecule has 2 N–H and O–H groups in total. The van der Waals surface area contributed by atoms with Crippen molar-refractivity contribution >= 4 is 17.0 Å². The number of pyridine rings is 1. The lowest BCUT2D eigenvalue weighted by Crippen LogP contribution is -2.38. The van der Waals surface area contributed by atoms with Crippen molar-refractivity contribution in [3.05, 3.63) is 70.8 Å². The summed E-state index contributed by atoms with van der Waals surface area (Å²) in [5.74, 6) is 0.372. The molecule has 0 atom stereocenters. The number of aliphatic hydroxyl groups is 1. The van der Waals surface area contributed by atoms with Crippen LogP contribution in [-0.2, 0) is 13.6 Å². The Bertz CT molecular complexity index is 1230. The fourth-order valence-electron chi connectivity index (χ4n) is 3.13. The lowest BCUT2D eigenvalue weighted by atomic mass is 10.1. The van der Waals surface area contributed by atoms with Crippen molar-refractivity contribution < 1.29 is 5.11 Å². The average Bonchev–Trinajstić information content (AvgIpc) is 3.15. The Morgan fingerprint density at radius 3 is 2.57 bits per heavy atom. The molecule has 0 spiro atoms. The topological polar surface area (TPSA) is 97.9 Å². The van der Waals surface area contributed by atoms with E-state index in [1.165, 1.54) is 4.57 Å². The number of hydrogen-bond acceptors (Lipinski definition) is 6. The molecule has 0 saturated heterocycles. The molecule has 0 saturated carbocycles. The standard InChI is InChI=1S/C22H24N6O2/c1-22(2,14-29)25-21-24-19-17(20(30)27(21)3)13-28(26-19)12-15-7-9-16(10-8-15)18-6-4-5-11-23-18/h4-11,13,29H,12,14H2,1-3H3,(H,24,25,26). The predicted molar refractivity (Wildman–Crippen MR) is 116 cm³/mol. The van der Waals surface area contributed by atoms with Gasteiger partial charge in [-0.05, 0) is 31.5 Å². The highest BCUT2D eigenvalue weighted by molar-refractivity contribution is 5.74. The summed E-state index contributed by atoms with van der Waals surface area (Å²) in [5.41, 5.74) is 2.60. The zero-order valence-electron chi connectivity index (χ0n) is 17.2. The van der Waals surface area contributed by atoms with Gasteiger partial charge in [0.15, 0.2) is 5.65 Å². The van der Waals surface area contributed by atoms with Gasteiger partial charge in [0.1, 0.15) is 5.39 Å². The first-order chi connectivity index (χ1) is 14.4. The van der Waals surface area contributed by atoms with Crippen molar-refractivity contribution in [2.75, 3.05) is 11.9 Å². The molecule has 8 nitrogen and oxygen atoms in total. The summed E-state index contributed by atoms with van der Waals surface area (Å²) in [6.45, 7) is 4.09. The van der Waals surface area contributed by atoms with Crippen LogP contribution in [0.4, 0.5) is 5.95 Å². The van der Waals surface area contributed by atoms with Crippen LogP contribution in [0.2, 0.25) is 0 Å². The quantitative estimate of drug-likeness (QED) is 0.512. The summed E-state index contributed by atoms with van der Waals surface area (Å²) in [5, 5.41) is 17.5. The molecule has 0 amide bonds. The molecule has 0 bridgehead atoms. The van der Waals surface area contributed by atoms with Crippen LogP contribution >= 0.6 is 0 Å². The summed E-state index contributed by atoms with van der Waals surface area (Å²) in [4.78, 5) is 21.6. The van der Waals surface area contributed by atoms with Crippen LogP contribution < -0.4 is 10.9 Å². The van der Waals surface area contributed by atoms with Gasteiger partial charge in [0.25, 0.3) is 5.56 Å². The highest BCUT2D eigenvalue weighted by Crippen LogP contribution is 2.18. The Labute approximate surface area is 173 Å². The molecule has 8 heteroatoms. The van der Waals surface area contributed by atoms with Gasteiger partial charge in [-0.25, -0.2) is 0 Å². The molecule has 4 rings (SSSR count). The van der Waals surface area contributed by atoms with E-state index < -0.39 is 5.54 Å². The molecule has 4 aromatic rings. The number of hydrogen-bond donors (Lipinski definition) is 2. The second-order valence-electron chi connectivity index (χ2n) is 7.94. The molecule has 3 aromatic heterocycles. The van der Waals surface area contributed by atoms with Gasteiger partial charge in [0.2, 0.25) is 5.95 Å². The molecule has 0 aliphatic rings. The maximum Gasteiger partial charge on any atom is 0.265 e. The number of benzene rings is 1. The van der Waals surface area contributed by atoms with E-state index in [0.29, 0.717) is 23.5 Å². The number of nitrogens with one attached hydrogen (secondary N) is 1. The second-order valence-corrected chi connectivity index (χ2v) is 7.94. The van der Waals surface area contributed by atoms with Gasteiger partial charge in [-0.2, -0.15) is 10.1 Å². The van der Waals surface area contributed by atoms with E-state index in [4.69, 9.17) is 0 Å². The minimum absolute atomic E-state index is 0.0934. The molecule has 1 aromatic carbocycles. The van der Waals surface area contributed by atoms with Crippen LogP contribution in [0, 0.1) is 0 Å². The van der Waals surface area contributed by atoms with Crippen LogP contribution in [0.3, 0.4) is 0 Å². The van der Waals surface area contributed by atoms with Gasteiger partial charge in [-0.1, -0.05) is 30.3 Å². The van der Waals surface area contributed by atoms with E-state index >= 15 is 0 Å². The van der Waals surface area contributed by atoms with Gasteiger partial charge in [0, 0.05) is 25.0 Å². The fourth-order valence-corrected chi connectivity index (χ4v) is 3.13. The molecule has 0 unspecified atom stereocenters. The van der Waals surface area contributed by atoms with E-state index in [2.05, 4.69) is 20.4 Å².